The van der Waals surface area contributed by atoms with Gasteiger partial charge in [-0.15, -0.1) is 0 Å². The van der Waals surface area contributed by atoms with Crippen molar-refractivity contribution < 1.29 is 23.5 Å². The number of carbonyl (C=O) groups is 1. The molecule has 0 spiro atoms. The summed E-state index contributed by atoms with van der Waals surface area (Å²) in [5.41, 5.74) is -0.264. The summed E-state index contributed by atoms with van der Waals surface area (Å²) in [6.45, 7) is 5.37. The number of hydrogen-bond acceptors (Lipinski definition) is 6. The van der Waals surface area contributed by atoms with Gasteiger partial charge in [0, 0.05) is 12.7 Å². The molecule has 0 amide bonds. The molecule has 0 unspecified atom stereocenters. The second-order valence-corrected chi connectivity index (χ2v) is 6.43. The molecule has 0 aliphatic carbocycles. The Labute approximate surface area is 155 Å². The summed E-state index contributed by atoms with van der Waals surface area (Å²) in [5, 5.41) is 4.70. The van der Waals surface area contributed by atoms with Gasteiger partial charge < -0.3 is 18.7 Å². The first-order valence-electron chi connectivity index (χ1n) is 7.58. The van der Waals surface area contributed by atoms with Gasteiger partial charge in [-0.1, -0.05) is 34.4 Å². The van der Waals surface area contributed by atoms with Crippen molar-refractivity contribution in [1.29, 1.82) is 0 Å². The number of hydrogen-bond donors (Lipinski definition) is 0. The number of methoxy groups -OCH3 is 1. The van der Waals surface area contributed by atoms with E-state index in [2.05, 4.69) is 5.16 Å². The van der Waals surface area contributed by atoms with Crippen LogP contribution in [0.15, 0.2) is 22.7 Å². The average molecular weight is 388 g/mol. The van der Waals surface area contributed by atoms with E-state index in [9.17, 15) is 4.79 Å². The lowest BCUT2D eigenvalue weighted by Crippen LogP contribution is -2.25. The van der Waals surface area contributed by atoms with Gasteiger partial charge in [-0.3, -0.25) is 0 Å². The van der Waals surface area contributed by atoms with E-state index in [-0.39, 0.29) is 30.4 Å². The van der Waals surface area contributed by atoms with E-state index >= 15 is 0 Å². The molecule has 6 nitrogen and oxygen atoms in total. The van der Waals surface area contributed by atoms with Crippen molar-refractivity contribution >= 4 is 29.2 Å². The van der Waals surface area contributed by atoms with Crippen molar-refractivity contribution in [3.63, 3.8) is 0 Å². The lowest BCUT2D eigenvalue weighted by atomic mass is 9.97. The van der Waals surface area contributed by atoms with Crippen LogP contribution >= 0.6 is 23.2 Å². The minimum Gasteiger partial charge on any atom is -0.462 e. The summed E-state index contributed by atoms with van der Waals surface area (Å²) in [7, 11) is 1.50. The first-order valence-corrected chi connectivity index (χ1v) is 8.33. The highest BCUT2D eigenvalue weighted by Gasteiger charge is 2.37. The molecular formula is C17H19Cl2NO5. The standard InChI is InChI=1S/C17H19Cl2NO5/c1-5-23-16(21)13-14(12-10(18)7-6-8-11(12)19)20-25-15(13)17(2,3)24-9-22-4/h6-8H,5,9H2,1-4H3. The van der Waals surface area contributed by atoms with Crippen LogP contribution in [0, 0.1) is 0 Å². The molecule has 136 valence electrons. The number of ether oxygens (including phenoxy) is 3. The Bertz CT molecular complexity index is 737. The molecule has 1 aromatic carbocycles. The average Bonchev–Trinajstić information content (AvgIpc) is 2.99. The lowest BCUT2D eigenvalue weighted by Gasteiger charge is -2.22. The fraction of sp³-hybridized carbons (Fsp3) is 0.412. The largest absolute Gasteiger partial charge is 0.462 e. The Balaban J connectivity index is 2.64. The molecule has 0 saturated carbocycles. The number of carbonyl (C=O) groups excluding carboxylic acids is 1. The molecule has 25 heavy (non-hydrogen) atoms. The Kier molecular flexibility index (Phi) is 6.46. The van der Waals surface area contributed by atoms with Crippen LogP contribution in [0.3, 0.4) is 0 Å². The van der Waals surface area contributed by atoms with Crippen LogP contribution in [-0.4, -0.2) is 31.6 Å². The van der Waals surface area contributed by atoms with Crippen LogP contribution in [-0.2, 0) is 19.8 Å². The first-order chi connectivity index (χ1) is 11.8. The van der Waals surface area contributed by atoms with E-state index in [1.54, 1.807) is 39.0 Å². The van der Waals surface area contributed by atoms with Crippen molar-refractivity contribution in [2.75, 3.05) is 20.5 Å². The molecule has 0 radical (unpaired) electrons. The van der Waals surface area contributed by atoms with Gasteiger partial charge in [-0.2, -0.15) is 0 Å². The SMILES string of the molecule is CCOC(=O)c1c(-c2c(Cl)cccc2Cl)noc1C(C)(C)OCOC. The molecule has 1 aromatic heterocycles. The predicted octanol–water partition coefficient (Wildman–Crippen LogP) is 4.68. The monoisotopic (exact) mass is 387 g/mol. The number of halogens is 2. The lowest BCUT2D eigenvalue weighted by molar-refractivity contribution is -0.128. The molecule has 0 aliphatic heterocycles. The summed E-state index contributed by atoms with van der Waals surface area (Å²) in [4.78, 5) is 12.6. The zero-order chi connectivity index (χ0) is 18.6. The van der Waals surface area contributed by atoms with Crippen LogP contribution in [0.25, 0.3) is 11.3 Å². The van der Waals surface area contributed by atoms with Gasteiger partial charge in [-0.05, 0) is 32.9 Å². The van der Waals surface area contributed by atoms with Crippen molar-refractivity contribution in [2.45, 2.75) is 26.4 Å². The summed E-state index contributed by atoms with van der Waals surface area (Å²) in [6.07, 6.45) is 0. The molecule has 0 saturated heterocycles. The number of esters is 1. The van der Waals surface area contributed by atoms with Crippen LogP contribution < -0.4 is 0 Å². The molecule has 0 fully saturated rings. The minimum absolute atomic E-state index is 0.0121. The second kappa shape index (κ2) is 8.19. The zero-order valence-corrected chi connectivity index (χ0v) is 15.9. The third-order valence-corrected chi connectivity index (χ3v) is 4.09. The van der Waals surface area contributed by atoms with E-state index in [0.29, 0.717) is 15.6 Å². The number of aromatic nitrogens is 1. The number of nitrogens with zero attached hydrogens (tertiary/aromatic N) is 1. The fourth-order valence-electron chi connectivity index (χ4n) is 2.26. The quantitative estimate of drug-likeness (QED) is 0.507. The highest BCUT2D eigenvalue weighted by atomic mass is 35.5. The molecule has 2 rings (SSSR count). The van der Waals surface area contributed by atoms with Crippen molar-refractivity contribution in [3.8, 4) is 11.3 Å². The van der Waals surface area contributed by atoms with Crippen LogP contribution in [0.2, 0.25) is 10.0 Å². The topological polar surface area (TPSA) is 70.8 Å². The van der Waals surface area contributed by atoms with Crippen molar-refractivity contribution in [2.24, 2.45) is 0 Å². The Hall–Kier alpha value is -1.60. The maximum atomic E-state index is 12.6. The molecule has 8 heteroatoms. The molecule has 0 atom stereocenters. The van der Waals surface area contributed by atoms with E-state index in [1.165, 1.54) is 7.11 Å². The van der Waals surface area contributed by atoms with E-state index < -0.39 is 11.6 Å². The van der Waals surface area contributed by atoms with Crippen LogP contribution in [0.5, 0.6) is 0 Å². The van der Waals surface area contributed by atoms with Gasteiger partial charge in [0.15, 0.2) is 5.76 Å². The number of benzene rings is 1. The van der Waals surface area contributed by atoms with Crippen molar-refractivity contribution in [3.05, 3.63) is 39.6 Å². The van der Waals surface area contributed by atoms with Gasteiger partial charge in [0.1, 0.15) is 23.7 Å². The summed E-state index contributed by atoms with van der Waals surface area (Å²) in [5.74, 6) is -0.396. The number of rotatable bonds is 7. The molecule has 0 aliphatic rings. The normalized spacial score (nSPS) is 11.6. The highest BCUT2D eigenvalue weighted by Crippen LogP contribution is 2.40. The van der Waals surface area contributed by atoms with Crippen LogP contribution in [0.4, 0.5) is 0 Å². The fourth-order valence-corrected chi connectivity index (χ4v) is 2.84. The van der Waals surface area contributed by atoms with Gasteiger partial charge in [0.05, 0.1) is 16.7 Å². The smallest absolute Gasteiger partial charge is 0.344 e. The summed E-state index contributed by atoms with van der Waals surface area (Å²) < 4.78 is 21.1. The zero-order valence-electron chi connectivity index (χ0n) is 14.4. The van der Waals surface area contributed by atoms with Crippen molar-refractivity contribution in [1.82, 2.24) is 5.16 Å². The van der Waals surface area contributed by atoms with Gasteiger partial charge >= 0.3 is 5.97 Å². The Morgan fingerprint density at radius 3 is 2.48 bits per heavy atom. The Morgan fingerprint density at radius 2 is 1.92 bits per heavy atom. The molecule has 1 heterocycles. The third-order valence-electron chi connectivity index (χ3n) is 3.46. The molecule has 0 N–H and O–H groups in total. The third kappa shape index (κ3) is 4.15. The van der Waals surface area contributed by atoms with Crippen LogP contribution in [0.1, 0.15) is 36.9 Å². The second-order valence-electron chi connectivity index (χ2n) is 5.61. The maximum absolute atomic E-state index is 12.6. The first kappa shape index (κ1) is 19.7. The van der Waals surface area contributed by atoms with Gasteiger partial charge in [0.25, 0.3) is 0 Å². The molecular weight excluding hydrogens is 369 g/mol. The van der Waals surface area contributed by atoms with Gasteiger partial charge in [-0.25, -0.2) is 4.79 Å². The highest BCUT2D eigenvalue weighted by molar-refractivity contribution is 6.39. The summed E-state index contributed by atoms with van der Waals surface area (Å²) >= 11 is 12.5. The van der Waals surface area contributed by atoms with E-state index in [1.807, 2.05) is 0 Å². The van der Waals surface area contributed by atoms with E-state index in [0.717, 1.165) is 0 Å². The Morgan fingerprint density at radius 1 is 1.28 bits per heavy atom. The molecule has 0 bridgehead atoms. The van der Waals surface area contributed by atoms with E-state index in [4.69, 9.17) is 41.9 Å². The van der Waals surface area contributed by atoms with Gasteiger partial charge in [0.2, 0.25) is 0 Å². The maximum Gasteiger partial charge on any atom is 0.344 e. The predicted molar refractivity (Wildman–Crippen MR) is 93.9 cm³/mol. The minimum atomic E-state index is -0.989. The summed E-state index contributed by atoms with van der Waals surface area (Å²) in [6, 6.07) is 5.00. The molecule has 2 aromatic rings.